The lowest BCUT2D eigenvalue weighted by Gasteiger charge is -2.09. The first kappa shape index (κ1) is 16.6. The van der Waals surface area contributed by atoms with Crippen LogP contribution in [0.2, 0.25) is 0 Å². The van der Waals surface area contributed by atoms with E-state index in [4.69, 9.17) is 14.6 Å². The smallest absolute Gasteiger partial charge is 0.417 e. The van der Waals surface area contributed by atoms with E-state index < -0.39 is 17.7 Å². The highest BCUT2D eigenvalue weighted by molar-refractivity contribution is 5.66. The number of pyridine rings is 1. The van der Waals surface area contributed by atoms with Gasteiger partial charge >= 0.3 is 12.1 Å². The third-order valence-electron chi connectivity index (χ3n) is 2.69. The van der Waals surface area contributed by atoms with Gasteiger partial charge in [0.1, 0.15) is 11.5 Å². The zero-order valence-electron chi connectivity index (χ0n) is 11.7. The van der Waals surface area contributed by atoms with Crippen LogP contribution in [-0.2, 0) is 11.0 Å². The standard InChI is InChI=1S/C15H12F3NO4/c16-15(17,18)10-1-6-13(19-9-10)23-12-4-2-11(3-5-12)22-8-7-14(20)21/h1-6,9H,7-8H2,(H,20,21). The van der Waals surface area contributed by atoms with Crippen molar-refractivity contribution in [3.8, 4) is 17.4 Å². The van der Waals surface area contributed by atoms with Crippen LogP contribution in [0.3, 0.4) is 0 Å². The maximum absolute atomic E-state index is 12.4. The monoisotopic (exact) mass is 327 g/mol. The summed E-state index contributed by atoms with van der Waals surface area (Å²) in [7, 11) is 0. The minimum absolute atomic E-state index is 0.0255. The van der Waals surface area contributed by atoms with Gasteiger partial charge in [-0.15, -0.1) is 0 Å². The van der Waals surface area contributed by atoms with Crippen LogP contribution >= 0.6 is 0 Å². The van der Waals surface area contributed by atoms with Gasteiger partial charge in [-0.2, -0.15) is 13.2 Å². The quantitative estimate of drug-likeness (QED) is 0.875. The van der Waals surface area contributed by atoms with E-state index in [-0.39, 0.29) is 18.9 Å². The summed E-state index contributed by atoms with van der Waals surface area (Å²) >= 11 is 0. The highest BCUT2D eigenvalue weighted by Gasteiger charge is 2.30. The number of nitrogens with zero attached hydrogens (tertiary/aromatic N) is 1. The number of ether oxygens (including phenoxy) is 2. The molecule has 5 nitrogen and oxygen atoms in total. The lowest BCUT2D eigenvalue weighted by molar-refractivity contribution is -0.138. The minimum atomic E-state index is -4.44. The van der Waals surface area contributed by atoms with Crippen molar-refractivity contribution < 1.29 is 32.5 Å². The zero-order chi connectivity index (χ0) is 16.9. The lowest BCUT2D eigenvalue weighted by Crippen LogP contribution is -2.05. The van der Waals surface area contributed by atoms with Gasteiger partial charge in [0.2, 0.25) is 5.88 Å². The van der Waals surface area contributed by atoms with Crippen molar-refractivity contribution in [2.75, 3.05) is 6.61 Å². The van der Waals surface area contributed by atoms with Crippen LogP contribution in [0.1, 0.15) is 12.0 Å². The van der Waals surface area contributed by atoms with Crippen LogP contribution < -0.4 is 9.47 Å². The molecule has 0 aliphatic carbocycles. The molecular weight excluding hydrogens is 315 g/mol. The number of hydrogen-bond donors (Lipinski definition) is 1. The highest BCUT2D eigenvalue weighted by Crippen LogP contribution is 2.30. The Labute approximate surface area is 129 Å². The maximum Gasteiger partial charge on any atom is 0.417 e. The van der Waals surface area contributed by atoms with Gasteiger partial charge < -0.3 is 14.6 Å². The Bertz CT molecular complexity index is 654. The van der Waals surface area contributed by atoms with E-state index >= 15 is 0 Å². The molecule has 8 heteroatoms. The van der Waals surface area contributed by atoms with Gasteiger partial charge in [0.15, 0.2) is 0 Å². The molecule has 0 saturated carbocycles. The van der Waals surface area contributed by atoms with Gasteiger partial charge in [-0.1, -0.05) is 0 Å². The van der Waals surface area contributed by atoms with Crippen molar-refractivity contribution in [1.82, 2.24) is 4.98 Å². The number of benzene rings is 1. The van der Waals surface area contributed by atoms with E-state index in [0.29, 0.717) is 17.7 Å². The Morgan fingerprint density at radius 1 is 1.09 bits per heavy atom. The number of carboxylic acids is 1. The lowest BCUT2D eigenvalue weighted by atomic mass is 10.3. The normalized spacial score (nSPS) is 11.1. The second-order valence-electron chi connectivity index (χ2n) is 4.45. The molecule has 1 heterocycles. The van der Waals surface area contributed by atoms with Gasteiger partial charge in [-0.05, 0) is 30.3 Å². The van der Waals surface area contributed by atoms with E-state index in [1.165, 1.54) is 12.1 Å². The topological polar surface area (TPSA) is 68.7 Å². The van der Waals surface area contributed by atoms with Crippen LogP contribution in [0, 0.1) is 0 Å². The Balaban J connectivity index is 1.94. The number of hydrogen-bond acceptors (Lipinski definition) is 4. The third kappa shape index (κ3) is 5.17. The molecule has 0 radical (unpaired) electrons. The SMILES string of the molecule is O=C(O)CCOc1ccc(Oc2ccc(C(F)(F)F)cn2)cc1. The summed E-state index contributed by atoms with van der Waals surface area (Å²) in [6, 6.07) is 8.19. The summed E-state index contributed by atoms with van der Waals surface area (Å²) in [4.78, 5) is 13.9. The molecule has 0 aliphatic rings. The van der Waals surface area contributed by atoms with E-state index in [1.54, 1.807) is 12.1 Å². The molecule has 0 amide bonds. The van der Waals surface area contributed by atoms with E-state index in [9.17, 15) is 18.0 Å². The van der Waals surface area contributed by atoms with Gasteiger partial charge in [0.05, 0.1) is 18.6 Å². The number of rotatable bonds is 6. The number of alkyl halides is 3. The first-order valence-corrected chi connectivity index (χ1v) is 6.50. The summed E-state index contributed by atoms with van der Waals surface area (Å²) in [5.41, 5.74) is -0.855. The van der Waals surface area contributed by atoms with Crippen molar-refractivity contribution in [2.24, 2.45) is 0 Å². The fourth-order valence-corrected chi connectivity index (χ4v) is 1.59. The van der Waals surface area contributed by atoms with E-state index in [2.05, 4.69) is 4.98 Å². The molecule has 2 rings (SSSR count). The fraction of sp³-hybridized carbons (Fsp3) is 0.200. The Morgan fingerprint density at radius 2 is 1.74 bits per heavy atom. The molecule has 2 aromatic rings. The summed E-state index contributed by atoms with van der Waals surface area (Å²) in [5, 5.41) is 8.49. The average molecular weight is 327 g/mol. The second-order valence-corrected chi connectivity index (χ2v) is 4.45. The second kappa shape index (κ2) is 6.99. The molecule has 23 heavy (non-hydrogen) atoms. The molecule has 1 aromatic heterocycles. The number of carbonyl (C=O) groups is 1. The molecule has 1 N–H and O–H groups in total. The number of aliphatic carboxylic acids is 1. The maximum atomic E-state index is 12.4. The summed E-state index contributed by atoms with van der Waals surface area (Å²) in [5.74, 6) is -0.113. The van der Waals surface area contributed by atoms with Crippen molar-refractivity contribution >= 4 is 5.97 Å². The van der Waals surface area contributed by atoms with Crippen LogP contribution in [0.15, 0.2) is 42.6 Å². The first-order valence-electron chi connectivity index (χ1n) is 6.50. The number of carboxylic acid groups (broad SMARTS) is 1. The molecule has 0 unspecified atom stereocenters. The van der Waals surface area contributed by atoms with E-state index in [0.717, 1.165) is 12.1 Å². The summed E-state index contributed by atoms with van der Waals surface area (Å²) in [6.07, 6.45) is -3.87. The first-order chi connectivity index (χ1) is 10.8. The van der Waals surface area contributed by atoms with E-state index in [1.807, 2.05) is 0 Å². The minimum Gasteiger partial charge on any atom is -0.493 e. The van der Waals surface area contributed by atoms with Crippen molar-refractivity contribution in [2.45, 2.75) is 12.6 Å². The van der Waals surface area contributed by atoms with Crippen LogP contribution in [0.4, 0.5) is 13.2 Å². The zero-order valence-corrected chi connectivity index (χ0v) is 11.7. The molecule has 0 saturated heterocycles. The molecular formula is C15H12F3NO4. The molecule has 1 aromatic carbocycles. The van der Waals surface area contributed by atoms with Crippen molar-refractivity contribution in [3.63, 3.8) is 0 Å². The molecule has 0 fully saturated rings. The largest absolute Gasteiger partial charge is 0.493 e. The Morgan fingerprint density at radius 3 is 2.26 bits per heavy atom. The Kier molecular flexibility index (Phi) is 5.05. The summed E-state index contributed by atoms with van der Waals surface area (Å²) < 4.78 is 47.7. The van der Waals surface area contributed by atoms with Gasteiger partial charge in [0.25, 0.3) is 0 Å². The average Bonchev–Trinajstić information content (AvgIpc) is 2.48. The predicted molar refractivity (Wildman–Crippen MR) is 73.5 cm³/mol. The summed E-state index contributed by atoms with van der Waals surface area (Å²) in [6.45, 7) is 0.0377. The van der Waals surface area contributed by atoms with Gasteiger partial charge in [-0.3, -0.25) is 4.79 Å². The number of halogens is 3. The van der Waals surface area contributed by atoms with Crippen molar-refractivity contribution in [1.29, 1.82) is 0 Å². The Hall–Kier alpha value is -2.77. The number of aromatic nitrogens is 1. The van der Waals surface area contributed by atoms with Crippen LogP contribution in [0.5, 0.6) is 17.4 Å². The van der Waals surface area contributed by atoms with Gasteiger partial charge in [-0.25, -0.2) is 4.98 Å². The van der Waals surface area contributed by atoms with Crippen LogP contribution in [0.25, 0.3) is 0 Å². The molecule has 0 bridgehead atoms. The van der Waals surface area contributed by atoms with Crippen molar-refractivity contribution in [3.05, 3.63) is 48.2 Å². The third-order valence-corrected chi connectivity index (χ3v) is 2.69. The highest BCUT2D eigenvalue weighted by atomic mass is 19.4. The predicted octanol–water partition coefficient (Wildman–Crippen LogP) is 3.75. The molecule has 122 valence electrons. The molecule has 0 aliphatic heterocycles. The van der Waals surface area contributed by atoms with Crippen LogP contribution in [-0.4, -0.2) is 22.7 Å². The molecule has 0 atom stereocenters. The fourth-order valence-electron chi connectivity index (χ4n) is 1.59. The van der Waals surface area contributed by atoms with Gasteiger partial charge in [0, 0.05) is 12.3 Å². The molecule has 0 spiro atoms.